The molecule has 156 valence electrons. The van der Waals surface area contributed by atoms with Gasteiger partial charge in [0.15, 0.2) is 5.58 Å². The number of fused-ring (bicyclic) bond motifs is 4. The van der Waals surface area contributed by atoms with Crippen molar-refractivity contribution < 1.29 is 27.9 Å². The molecule has 8 nitrogen and oxygen atoms in total. The summed E-state index contributed by atoms with van der Waals surface area (Å²) in [5.41, 5.74) is 0.885. The number of nitrogens with one attached hydrogen (secondary N) is 3. The molecule has 2 heterocycles. The molecular weight excluding hydrogens is 410 g/mol. The standard InChI is InChI=1S/C18H19ClF2N4O4/c19-9-6-10-13(29-15(23-10)14(27)22-7-18(20,21)8-26)11-12(9)24-16(28)25-17(11)4-2-1-3-5-17/h6,26H,1-5,7-8H2,(H,22,27)(H2,24,25,28). The van der Waals surface area contributed by atoms with Crippen LogP contribution in [-0.4, -0.2) is 41.1 Å². The van der Waals surface area contributed by atoms with E-state index in [4.69, 9.17) is 21.1 Å². The first-order chi connectivity index (χ1) is 13.7. The maximum absolute atomic E-state index is 13.2. The topological polar surface area (TPSA) is 116 Å². The van der Waals surface area contributed by atoms with E-state index in [1.54, 1.807) is 0 Å². The van der Waals surface area contributed by atoms with Crippen LogP contribution in [0.5, 0.6) is 0 Å². The molecule has 0 radical (unpaired) electrons. The second kappa shape index (κ2) is 7.10. The van der Waals surface area contributed by atoms with Crippen LogP contribution in [0.2, 0.25) is 5.02 Å². The van der Waals surface area contributed by atoms with Crippen LogP contribution in [0.4, 0.5) is 19.3 Å². The minimum absolute atomic E-state index is 0.249. The molecule has 4 N–H and O–H groups in total. The molecule has 0 saturated heterocycles. The molecule has 1 spiro atoms. The summed E-state index contributed by atoms with van der Waals surface area (Å²) in [5, 5.41) is 16.5. The van der Waals surface area contributed by atoms with Gasteiger partial charge < -0.3 is 25.5 Å². The molecule has 3 amide bonds. The van der Waals surface area contributed by atoms with Crippen LogP contribution >= 0.6 is 11.6 Å². The minimum atomic E-state index is -3.45. The number of alkyl halides is 2. The fraction of sp³-hybridized carbons (Fsp3) is 0.500. The Bertz CT molecular complexity index is 988. The van der Waals surface area contributed by atoms with Crippen molar-refractivity contribution in [1.29, 1.82) is 0 Å². The minimum Gasteiger partial charge on any atom is -0.432 e. The Balaban J connectivity index is 1.77. The van der Waals surface area contributed by atoms with Gasteiger partial charge in [0.1, 0.15) is 12.1 Å². The second-order valence-corrected chi connectivity index (χ2v) is 7.80. The maximum atomic E-state index is 13.2. The number of carbonyl (C=O) groups is 2. The number of hydrogen-bond donors (Lipinski definition) is 4. The Morgan fingerprint density at radius 3 is 2.79 bits per heavy atom. The van der Waals surface area contributed by atoms with Gasteiger partial charge in [0.2, 0.25) is 0 Å². The predicted octanol–water partition coefficient (Wildman–Crippen LogP) is 3.13. The Morgan fingerprint density at radius 2 is 2.10 bits per heavy atom. The van der Waals surface area contributed by atoms with E-state index < -0.39 is 36.4 Å². The van der Waals surface area contributed by atoms with Gasteiger partial charge in [-0.25, -0.2) is 18.6 Å². The number of aliphatic hydroxyl groups excluding tert-OH is 1. The van der Waals surface area contributed by atoms with Crippen molar-refractivity contribution in [3.8, 4) is 0 Å². The summed E-state index contributed by atoms with van der Waals surface area (Å²) in [5.74, 6) is -4.80. The zero-order valence-corrected chi connectivity index (χ0v) is 16.0. The van der Waals surface area contributed by atoms with Gasteiger partial charge in [0.25, 0.3) is 11.8 Å². The normalized spacial score (nSPS) is 18.3. The van der Waals surface area contributed by atoms with E-state index in [1.165, 1.54) is 6.07 Å². The van der Waals surface area contributed by atoms with Crippen LogP contribution in [0.3, 0.4) is 0 Å². The third-order valence-electron chi connectivity index (χ3n) is 5.34. The van der Waals surface area contributed by atoms with Crippen molar-refractivity contribution in [1.82, 2.24) is 15.6 Å². The van der Waals surface area contributed by atoms with Gasteiger partial charge in [-0.15, -0.1) is 0 Å². The molecule has 1 fully saturated rings. The van der Waals surface area contributed by atoms with Crippen LogP contribution in [0.15, 0.2) is 10.5 Å². The molecule has 1 aliphatic carbocycles. The number of rotatable bonds is 4. The molecule has 1 aliphatic heterocycles. The third-order valence-corrected chi connectivity index (χ3v) is 5.64. The number of amides is 3. The van der Waals surface area contributed by atoms with Gasteiger partial charge in [0.05, 0.1) is 22.8 Å². The van der Waals surface area contributed by atoms with Crippen LogP contribution in [0, 0.1) is 0 Å². The monoisotopic (exact) mass is 428 g/mol. The Hall–Kier alpha value is -2.46. The molecular formula is C18H19ClF2N4O4. The summed E-state index contributed by atoms with van der Waals surface area (Å²) in [6, 6.07) is 1.09. The summed E-state index contributed by atoms with van der Waals surface area (Å²) in [4.78, 5) is 28.6. The van der Waals surface area contributed by atoms with Crippen LogP contribution in [0.25, 0.3) is 11.1 Å². The molecule has 0 bridgehead atoms. The van der Waals surface area contributed by atoms with Gasteiger partial charge in [-0.05, 0) is 18.9 Å². The lowest BCUT2D eigenvalue weighted by Gasteiger charge is -2.42. The summed E-state index contributed by atoms with van der Waals surface area (Å²) < 4.78 is 32.1. The molecule has 2 aromatic rings. The van der Waals surface area contributed by atoms with E-state index in [0.717, 1.165) is 19.3 Å². The Labute approximate surface area is 169 Å². The predicted molar refractivity (Wildman–Crippen MR) is 100 cm³/mol. The fourth-order valence-electron chi connectivity index (χ4n) is 4.01. The Kier molecular flexibility index (Phi) is 4.86. The van der Waals surface area contributed by atoms with Crippen molar-refractivity contribution in [3.63, 3.8) is 0 Å². The first-order valence-electron chi connectivity index (χ1n) is 9.24. The van der Waals surface area contributed by atoms with E-state index in [1.807, 2.05) is 5.32 Å². The molecule has 1 aromatic carbocycles. The first kappa shape index (κ1) is 19.8. The number of oxazole rings is 1. The van der Waals surface area contributed by atoms with Gasteiger partial charge >= 0.3 is 11.9 Å². The zero-order chi connectivity index (χ0) is 20.8. The molecule has 11 heteroatoms. The van der Waals surface area contributed by atoms with E-state index in [-0.39, 0.29) is 22.2 Å². The largest absolute Gasteiger partial charge is 0.432 e. The number of aromatic nitrogens is 1. The Morgan fingerprint density at radius 1 is 1.38 bits per heavy atom. The SMILES string of the molecule is O=C1Nc2c(Cl)cc3nc(C(=O)NCC(F)(F)CO)oc3c2C2(CCCCC2)N1. The average molecular weight is 429 g/mol. The van der Waals surface area contributed by atoms with Crippen molar-refractivity contribution in [3.05, 3.63) is 22.5 Å². The molecule has 0 unspecified atom stereocenters. The highest BCUT2D eigenvalue weighted by molar-refractivity contribution is 6.35. The zero-order valence-electron chi connectivity index (χ0n) is 15.3. The maximum Gasteiger partial charge on any atom is 0.319 e. The average Bonchev–Trinajstić information content (AvgIpc) is 3.10. The van der Waals surface area contributed by atoms with Crippen LogP contribution in [-0.2, 0) is 5.54 Å². The number of hydrogen-bond acceptors (Lipinski definition) is 5. The van der Waals surface area contributed by atoms with Gasteiger partial charge in [-0.1, -0.05) is 30.9 Å². The van der Waals surface area contributed by atoms with E-state index in [2.05, 4.69) is 15.6 Å². The third kappa shape index (κ3) is 3.51. The highest BCUT2D eigenvalue weighted by atomic mass is 35.5. The number of aliphatic hydroxyl groups is 1. The van der Waals surface area contributed by atoms with E-state index in [9.17, 15) is 18.4 Å². The number of benzene rings is 1. The van der Waals surface area contributed by atoms with Gasteiger partial charge in [-0.3, -0.25) is 4.79 Å². The first-order valence-corrected chi connectivity index (χ1v) is 9.62. The quantitative estimate of drug-likeness (QED) is 0.597. The molecule has 2 aliphatic rings. The van der Waals surface area contributed by atoms with Crippen LogP contribution in [0.1, 0.15) is 48.4 Å². The highest BCUT2D eigenvalue weighted by Crippen LogP contribution is 2.48. The van der Waals surface area contributed by atoms with Crippen LogP contribution < -0.4 is 16.0 Å². The summed E-state index contributed by atoms with van der Waals surface area (Å²) in [6.07, 6.45) is 4.17. The second-order valence-electron chi connectivity index (χ2n) is 7.39. The van der Waals surface area contributed by atoms with E-state index in [0.29, 0.717) is 24.1 Å². The smallest absolute Gasteiger partial charge is 0.319 e. The van der Waals surface area contributed by atoms with Gasteiger partial charge in [-0.2, -0.15) is 0 Å². The highest BCUT2D eigenvalue weighted by Gasteiger charge is 2.44. The van der Waals surface area contributed by atoms with Crippen molar-refractivity contribution in [2.24, 2.45) is 0 Å². The molecule has 1 saturated carbocycles. The van der Waals surface area contributed by atoms with Gasteiger partial charge in [0, 0.05) is 5.56 Å². The summed E-state index contributed by atoms with van der Waals surface area (Å²) >= 11 is 6.37. The molecule has 29 heavy (non-hydrogen) atoms. The number of halogens is 3. The molecule has 4 rings (SSSR count). The lowest BCUT2D eigenvalue weighted by Crippen LogP contribution is -2.52. The summed E-state index contributed by atoms with van der Waals surface area (Å²) in [6.45, 7) is -2.45. The molecule has 1 aromatic heterocycles. The number of anilines is 1. The van der Waals surface area contributed by atoms with E-state index >= 15 is 0 Å². The molecule has 0 atom stereocenters. The number of urea groups is 1. The van der Waals surface area contributed by atoms with Crippen molar-refractivity contribution >= 4 is 40.3 Å². The van der Waals surface area contributed by atoms with Crippen molar-refractivity contribution in [2.45, 2.75) is 43.6 Å². The lowest BCUT2D eigenvalue weighted by atomic mass is 9.74. The number of nitrogens with zero attached hydrogens (tertiary/aromatic N) is 1. The fourth-order valence-corrected chi connectivity index (χ4v) is 4.25. The number of carbonyl (C=O) groups excluding carboxylic acids is 2. The lowest BCUT2D eigenvalue weighted by molar-refractivity contribution is -0.0463. The summed E-state index contributed by atoms with van der Waals surface area (Å²) in [7, 11) is 0. The van der Waals surface area contributed by atoms with Crippen molar-refractivity contribution in [2.75, 3.05) is 18.5 Å².